The maximum absolute atomic E-state index is 11.1. The number of terminal acetylenes is 1. The van der Waals surface area contributed by atoms with Crippen LogP contribution in [0.5, 0.6) is 5.75 Å². The first-order chi connectivity index (χ1) is 8.19. The van der Waals surface area contributed by atoms with Crippen LogP contribution in [0.4, 0.5) is 0 Å². The molecule has 1 aromatic rings. The Balaban J connectivity index is 2.80. The van der Waals surface area contributed by atoms with E-state index in [4.69, 9.17) is 16.3 Å². The van der Waals surface area contributed by atoms with Crippen molar-refractivity contribution in [1.82, 2.24) is 5.32 Å². The van der Waals surface area contributed by atoms with Crippen molar-refractivity contribution < 1.29 is 14.6 Å². The van der Waals surface area contributed by atoms with Gasteiger partial charge in [-0.2, -0.15) is 0 Å². The van der Waals surface area contributed by atoms with E-state index in [0.29, 0.717) is 12.2 Å². The third-order valence-electron chi connectivity index (χ3n) is 2.18. The van der Waals surface area contributed by atoms with Gasteiger partial charge in [0.2, 0.25) is 0 Å². The molecule has 90 valence electrons. The fourth-order valence-corrected chi connectivity index (χ4v) is 1.43. The lowest BCUT2D eigenvalue weighted by atomic mass is 10.1. The molecular weight excluding hydrogens is 218 g/mol. The van der Waals surface area contributed by atoms with Crippen LogP contribution in [-0.4, -0.2) is 24.2 Å². The van der Waals surface area contributed by atoms with E-state index < -0.39 is 12.0 Å². The van der Waals surface area contributed by atoms with Crippen LogP contribution in [0.2, 0.25) is 0 Å². The molecule has 4 heteroatoms. The summed E-state index contributed by atoms with van der Waals surface area (Å²) in [7, 11) is 0. The predicted octanol–water partition coefficient (Wildman–Crippen LogP) is 1.43. The fraction of sp³-hybridized carbons (Fsp3) is 0.308. The van der Waals surface area contributed by atoms with E-state index in [1.54, 1.807) is 24.3 Å². The second kappa shape index (κ2) is 6.56. The molecule has 0 amide bonds. The van der Waals surface area contributed by atoms with E-state index in [2.05, 4.69) is 11.2 Å². The Morgan fingerprint density at radius 3 is 2.65 bits per heavy atom. The number of aliphatic carboxylic acids is 1. The minimum Gasteiger partial charge on any atom is -0.494 e. The first kappa shape index (κ1) is 13.1. The second-order valence-electron chi connectivity index (χ2n) is 3.36. The van der Waals surface area contributed by atoms with Crippen molar-refractivity contribution in [2.75, 3.05) is 13.2 Å². The SMILES string of the molecule is C#CCNC(C(=O)O)c1ccc(OCC)cc1. The number of benzene rings is 1. The summed E-state index contributed by atoms with van der Waals surface area (Å²) in [5, 5.41) is 11.8. The summed E-state index contributed by atoms with van der Waals surface area (Å²) in [4.78, 5) is 11.1. The molecule has 0 aromatic heterocycles. The van der Waals surface area contributed by atoms with Crippen molar-refractivity contribution in [3.05, 3.63) is 29.8 Å². The Bertz CT molecular complexity index is 406. The molecule has 0 saturated heterocycles. The monoisotopic (exact) mass is 233 g/mol. The number of nitrogens with one attached hydrogen (secondary N) is 1. The Morgan fingerprint density at radius 2 is 2.18 bits per heavy atom. The maximum Gasteiger partial charge on any atom is 0.325 e. The lowest BCUT2D eigenvalue weighted by Crippen LogP contribution is -2.28. The van der Waals surface area contributed by atoms with Crippen molar-refractivity contribution >= 4 is 5.97 Å². The smallest absolute Gasteiger partial charge is 0.325 e. The molecular formula is C13H15NO3. The summed E-state index contributed by atoms with van der Waals surface area (Å²) < 4.78 is 5.28. The summed E-state index contributed by atoms with van der Waals surface area (Å²) in [6.07, 6.45) is 5.09. The van der Waals surface area contributed by atoms with E-state index >= 15 is 0 Å². The second-order valence-corrected chi connectivity index (χ2v) is 3.36. The number of carboxylic acids is 1. The Labute approximate surface area is 101 Å². The van der Waals surface area contributed by atoms with E-state index in [1.807, 2.05) is 6.92 Å². The largest absolute Gasteiger partial charge is 0.494 e. The van der Waals surface area contributed by atoms with Gasteiger partial charge in [0, 0.05) is 0 Å². The van der Waals surface area contributed by atoms with Crippen LogP contribution in [0.15, 0.2) is 24.3 Å². The zero-order valence-corrected chi connectivity index (χ0v) is 9.64. The third kappa shape index (κ3) is 3.82. The molecule has 4 nitrogen and oxygen atoms in total. The van der Waals surface area contributed by atoms with Crippen LogP contribution >= 0.6 is 0 Å². The Hall–Kier alpha value is -1.99. The molecule has 0 saturated carbocycles. The van der Waals surface area contributed by atoms with Gasteiger partial charge in [-0.05, 0) is 24.6 Å². The highest BCUT2D eigenvalue weighted by atomic mass is 16.5. The zero-order chi connectivity index (χ0) is 12.7. The Kier molecular flexibility index (Phi) is 5.05. The number of hydrogen-bond donors (Lipinski definition) is 2. The highest BCUT2D eigenvalue weighted by Gasteiger charge is 2.18. The molecule has 17 heavy (non-hydrogen) atoms. The normalized spacial score (nSPS) is 11.5. The van der Waals surface area contributed by atoms with Crippen LogP contribution < -0.4 is 10.1 Å². The van der Waals surface area contributed by atoms with Gasteiger partial charge in [-0.15, -0.1) is 6.42 Å². The van der Waals surface area contributed by atoms with Gasteiger partial charge in [-0.25, -0.2) is 0 Å². The van der Waals surface area contributed by atoms with Gasteiger partial charge < -0.3 is 9.84 Å². The standard InChI is InChI=1S/C13H15NO3/c1-3-9-14-12(13(15)16)10-5-7-11(8-6-10)17-4-2/h1,5-8,12,14H,4,9H2,2H3,(H,15,16). The first-order valence-electron chi connectivity index (χ1n) is 5.31. The topological polar surface area (TPSA) is 58.6 Å². The van der Waals surface area contributed by atoms with E-state index in [0.717, 1.165) is 5.75 Å². The van der Waals surface area contributed by atoms with Gasteiger partial charge in [-0.1, -0.05) is 18.1 Å². The van der Waals surface area contributed by atoms with E-state index in [9.17, 15) is 4.79 Å². The molecule has 0 aliphatic carbocycles. The number of ether oxygens (including phenoxy) is 1. The lowest BCUT2D eigenvalue weighted by Gasteiger charge is -2.13. The molecule has 0 aliphatic heterocycles. The van der Waals surface area contributed by atoms with Crippen LogP contribution in [0.3, 0.4) is 0 Å². The number of carboxylic acid groups (broad SMARTS) is 1. The van der Waals surface area contributed by atoms with Gasteiger partial charge in [0.05, 0.1) is 13.2 Å². The molecule has 0 bridgehead atoms. The van der Waals surface area contributed by atoms with Crippen LogP contribution in [0.25, 0.3) is 0 Å². The molecule has 0 radical (unpaired) electrons. The third-order valence-corrected chi connectivity index (χ3v) is 2.18. The molecule has 0 heterocycles. The summed E-state index contributed by atoms with van der Waals surface area (Å²) in [5.41, 5.74) is 0.649. The zero-order valence-electron chi connectivity index (χ0n) is 9.64. The van der Waals surface area contributed by atoms with Crippen molar-refractivity contribution in [2.45, 2.75) is 13.0 Å². The molecule has 2 N–H and O–H groups in total. The molecule has 1 atom stereocenters. The van der Waals surface area contributed by atoms with Gasteiger partial charge in [0.1, 0.15) is 11.8 Å². The molecule has 0 spiro atoms. The van der Waals surface area contributed by atoms with Gasteiger partial charge in [-0.3, -0.25) is 10.1 Å². The Morgan fingerprint density at radius 1 is 1.53 bits per heavy atom. The quantitative estimate of drug-likeness (QED) is 0.730. The van der Waals surface area contributed by atoms with Crippen molar-refractivity contribution in [3.8, 4) is 18.1 Å². The first-order valence-corrected chi connectivity index (χ1v) is 5.31. The lowest BCUT2D eigenvalue weighted by molar-refractivity contribution is -0.139. The van der Waals surface area contributed by atoms with Gasteiger partial charge in [0.25, 0.3) is 0 Å². The summed E-state index contributed by atoms with van der Waals surface area (Å²) >= 11 is 0. The number of carbonyl (C=O) groups is 1. The average Bonchev–Trinajstić information content (AvgIpc) is 2.31. The fourth-order valence-electron chi connectivity index (χ4n) is 1.43. The maximum atomic E-state index is 11.1. The van der Waals surface area contributed by atoms with Crippen molar-refractivity contribution in [1.29, 1.82) is 0 Å². The highest BCUT2D eigenvalue weighted by Crippen LogP contribution is 2.18. The number of hydrogen-bond acceptors (Lipinski definition) is 3. The van der Waals surface area contributed by atoms with Crippen LogP contribution in [0, 0.1) is 12.3 Å². The summed E-state index contributed by atoms with van der Waals surface area (Å²) in [6.45, 7) is 2.68. The highest BCUT2D eigenvalue weighted by molar-refractivity contribution is 5.75. The minimum atomic E-state index is -0.954. The van der Waals surface area contributed by atoms with Gasteiger partial charge in [0.15, 0.2) is 0 Å². The summed E-state index contributed by atoms with van der Waals surface area (Å²) in [6, 6.07) is 6.13. The molecule has 1 aromatic carbocycles. The molecule has 0 aliphatic rings. The van der Waals surface area contributed by atoms with Crippen LogP contribution in [0.1, 0.15) is 18.5 Å². The molecule has 0 fully saturated rings. The molecule has 1 rings (SSSR count). The van der Waals surface area contributed by atoms with Crippen LogP contribution in [-0.2, 0) is 4.79 Å². The summed E-state index contributed by atoms with van der Waals surface area (Å²) in [5.74, 6) is 2.12. The average molecular weight is 233 g/mol. The predicted molar refractivity (Wildman–Crippen MR) is 64.8 cm³/mol. The minimum absolute atomic E-state index is 0.212. The van der Waals surface area contributed by atoms with E-state index in [-0.39, 0.29) is 6.54 Å². The van der Waals surface area contributed by atoms with Gasteiger partial charge >= 0.3 is 5.97 Å². The van der Waals surface area contributed by atoms with Crippen molar-refractivity contribution in [2.24, 2.45) is 0 Å². The van der Waals surface area contributed by atoms with Crippen molar-refractivity contribution in [3.63, 3.8) is 0 Å². The molecule has 1 unspecified atom stereocenters. The van der Waals surface area contributed by atoms with E-state index in [1.165, 1.54) is 0 Å². The number of rotatable bonds is 6.